The van der Waals surface area contributed by atoms with E-state index in [0.29, 0.717) is 28.7 Å². The number of amides is 1. The number of amidine groups is 1. The number of imidazole rings is 1. The second-order valence-electron chi connectivity index (χ2n) is 7.45. The summed E-state index contributed by atoms with van der Waals surface area (Å²) in [5.41, 5.74) is 1.79. The van der Waals surface area contributed by atoms with E-state index in [2.05, 4.69) is 14.7 Å². The lowest BCUT2D eigenvalue weighted by Crippen LogP contribution is -2.35. The number of nitrogens with zero attached hydrogens (tertiary/aromatic N) is 4. The zero-order valence-corrected chi connectivity index (χ0v) is 18.5. The second kappa shape index (κ2) is 7.75. The predicted octanol–water partition coefficient (Wildman–Crippen LogP) is 2.69. The maximum Gasteiger partial charge on any atom is 0.257 e. The van der Waals surface area contributed by atoms with E-state index in [-0.39, 0.29) is 11.7 Å². The molecule has 3 aromatic rings. The molecule has 1 aromatic heterocycles. The van der Waals surface area contributed by atoms with Gasteiger partial charge < -0.3 is 14.8 Å². The van der Waals surface area contributed by atoms with Gasteiger partial charge in [0.15, 0.2) is 5.17 Å². The molecule has 2 aromatic carbocycles. The minimum atomic E-state index is -3.45. The molecular formula is C21H18FN5O3S2. The van der Waals surface area contributed by atoms with Crippen molar-refractivity contribution in [2.75, 3.05) is 17.2 Å². The maximum absolute atomic E-state index is 13.9. The minimum absolute atomic E-state index is 0.0439. The molecule has 0 aliphatic carbocycles. The Morgan fingerprint density at radius 1 is 1.25 bits per heavy atom. The van der Waals surface area contributed by atoms with E-state index in [9.17, 15) is 17.6 Å². The summed E-state index contributed by atoms with van der Waals surface area (Å²) >= 11 is 1.22. The summed E-state index contributed by atoms with van der Waals surface area (Å²) < 4.78 is 43.1. The number of thioether (sulfide) groups is 1. The van der Waals surface area contributed by atoms with Crippen LogP contribution in [0.1, 0.15) is 27.8 Å². The van der Waals surface area contributed by atoms with Crippen molar-refractivity contribution in [2.45, 2.75) is 10.9 Å². The van der Waals surface area contributed by atoms with Crippen LogP contribution in [0.4, 0.5) is 10.1 Å². The van der Waals surface area contributed by atoms with Gasteiger partial charge in [0, 0.05) is 36.4 Å². The van der Waals surface area contributed by atoms with Gasteiger partial charge in [0.1, 0.15) is 17.7 Å². The number of hydrogen-bond donors (Lipinski definition) is 1. The summed E-state index contributed by atoms with van der Waals surface area (Å²) in [6.07, 6.45) is 3.37. The first-order valence-corrected chi connectivity index (χ1v) is 12.2. The number of sulfonamides is 1. The molecule has 0 saturated heterocycles. The Labute approximate surface area is 188 Å². The quantitative estimate of drug-likeness (QED) is 0.629. The highest BCUT2D eigenvalue weighted by molar-refractivity contribution is 8.15. The molecular weight excluding hydrogens is 453 g/mol. The van der Waals surface area contributed by atoms with E-state index in [1.807, 2.05) is 4.90 Å². The van der Waals surface area contributed by atoms with E-state index in [0.717, 1.165) is 10.6 Å². The third-order valence-corrected chi connectivity index (χ3v) is 7.62. The van der Waals surface area contributed by atoms with E-state index in [4.69, 9.17) is 0 Å². The van der Waals surface area contributed by atoms with Crippen molar-refractivity contribution in [3.8, 4) is 0 Å². The molecule has 0 bridgehead atoms. The van der Waals surface area contributed by atoms with Gasteiger partial charge in [-0.2, -0.15) is 0 Å². The largest absolute Gasteiger partial charge is 0.338 e. The fourth-order valence-corrected chi connectivity index (χ4v) is 6.02. The summed E-state index contributed by atoms with van der Waals surface area (Å²) in [5, 5.41) is 3.35. The fourth-order valence-electron chi connectivity index (χ4n) is 3.72. The molecule has 0 radical (unpaired) electrons. The molecule has 11 heteroatoms. The van der Waals surface area contributed by atoms with Gasteiger partial charge in [0.2, 0.25) is 0 Å². The third kappa shape index (κ3) is 3.78. The summed E-state index contributed by atoms with van der Waals surface area (Å²) in [6.45, 7) is 0.327. The van der Waals surface area contributed by atoms with Crippen LogP contribution in [-0.4, -0.2) is 41.3 Å². The smallest absolute Gasteiger partial charge is 0.257 e. The summed E-state index contributed by atoms with van der Waals surface area (Å²) in [6, 6.07) is 10.6. The molecule has 1 atom stereocenters. The van der Waals surface area contributed by atoms with Crippen LogP contribution in [0.2, 0.25) is 0 Å². The monoisotopic (exact) mass is 471 g/mol. The van der Waals surface area contributed by atoms with Crippen molar-refractivity contribution < 1.29 is 17.6 Å². The highest BCUT2D eigenvalue weighted by Gasteiger charge is 2.33. The van der Waals surface area contributed by atoms with Crippen molar-refractivity contribution in [1.82, 2.24) is 14.9 Å². The highest BCUT2D eigenvalue weighted by Crippen LogP contribution is 2.42. The standard InChI is InChI=1S/C21H18FN5O3S2/c1-26-8-7-23-19(26)18(13-3-2-4-15(22)11-13)24-20(28)14-5-6-16-17(12-14)31-21-25-32(29,30)10-9-27(16)21/h2-8,11-12,18H,9-10H2,1H3,(H,24,28). The lowest BCUT2D eigenvalue weighted by atomic mass is 10.0. The number of benzene rings is 2. The van der Waals surface area contributed by atoms with Gasteiger partial charge in [-0.25, -0.2) is 17.8 Å². The summed E-state index contributed by atoms with van der Waals surface area (Å²) in [4.78, 5) is 20.1. The van der Waals surface area contributed by atoms with Crippen molar-refractivity contribution in [1.29, 1.82) is 0 Å². The molecule has 8 nitrogen and oxygen atoms in total. The number of anilines is 1. The average molecular weight is 472 g/mol. The van der Waals surface area contributed by atoms with Gasteiger partial charge >= 0.3 is 0 Å². The van der Waals surface area contributed by atoms with Crippen LogP contribution in [0.25, 0.3) is 0 Å². The van der Waals surface area contributed by atoms with Crippen LogP contribution >= 0.6 is 11.8 Å². The average Bonchev–Trinajstić information content (AvgIpc) is 3.32. The van der Waals surface area contributed by atoms with Gasteiger partial charge in [0.25, 0.3) is 15.9 Å². The lowest BCUT2D eigenvalue weighted by molar-refractivity contribution is 0.0941. The Balaban J connectivity index is 1.45. The van der Waals surface area contributed by atoms with Crippen LogP contribution in [0.15, 0.2) is 64.2 Å². The van der Waals surface area contributed by atoms with Crippen LogP contribution in [0.5, 0.6) is 0 Å². The zero-order valence-electron chi connectivity index (χ0n) is 16.9. The van der Waals surface area contributed by atoms with Crippen molar-refractivity contribution in [2.24, 2.45) is 11.4 Å². The first kappa shape index (κ1) is 20.7. The SMILES string of the molecule is Cn1ccnc1C(NC(=O)c1ccc2c(c1)SC1=NS(=O)(=O)CCN12)c1cccc(F)c1. The molecule has 32 heavy (non-hydrogen) atoms. The number of aryl methyl sites for hydroxylation is 1. The van der Waals surface area contributed by atoms with E-state index < -0.39 is 21.9 Å². The van der Waals surface area contributed by atoms with E-state index in [1.54, 1.807) is 54.3 Å². The van der Waals surface area contributed by atoms with Gasteiger partial charge in [-0.05, 0) is 47.7 Å². The molecule has 1 unspecified atom stereocenters. The Bertz CT molecular complexity index is 1370. The van der Waals surface area contributed by atoms with Crippen LogP contribution in [-0.2, 0) is 17.1 Å². The molecule has 1 amide bonds. The summed E-state index contributed by atoms with van der Waals surface area (Å²) in [7, 11) is -1.65. The molecule has 3 heterocycles. The van der Waals surface area contributed by atoms with Gasteiger partial charge in [0.05, 0.1) is 11.4 Å². The maximum atomic E-state index is 13.9. The van der Waals surface area contributed by atoms with Crippen molar-refractivity contribution in [3.63, 3.8) is 0 Å². The molecule has 0 fully saturated rings. The number of fused-ring (bicyclic) bond motifs is 3. The molecule has 0 saturated carbocycles. The third-order valence-electron chi connectivity index (χ3n) is 5.31. The van der Waals surface area contributed by atoms with E-state index >= 15 is 0 Å². The molecule has 164 valence electrons. The van der Waals surface area contributed by atoms with Gasteiger partial charge in [-0.3, -0.25) is 4.79 Å². The predicted molar refractivity (Wildman–Crippen MR) is 120 cm³/mol. The molecule has 1 N–H and O–H groups in total. The Morgan fingerprint density at radius 2 is 2.09 bits per heavy atom. The normalized spacial score (nSPS) is 17.3. The molecule has 0 spiro atoms. The molecule has 2 aliphatic rings. The number of rotatable bonds is 4. The van der Waals surface area contributed by atoms with Crippen molar-refractivity contribution in [3.05, 3.63) is 77.6 Å². The number of halogens is 1. The number of nitrogens with one attached hydrogen (secondary N) is 1. The van der Waals surface area contributed by atoms with Crippen LogP contribution in [0, 0.1) is 5.82 Å². The summed E-state index contributed by atoms with van der Waals surface area (Å²) in [5.74, 6) is -0.240. The minimum Gasteiger partial charge on any atom is -0.338 e. The van der Waals surface area contributed by atoms with Crippen LogP contribution in [0.3, 0.4) is 0 Å². The molecule has 2 aliphatic heterocycles. The molecule has 5 rings (SSSR count). The highest BCUT2D eigenvalue weighted by atomic mass is 32.2. The first-order chi connectivity index (χ1) is 15.3. The van der Waals surface area contributed by atoms with Gasteiger partial charge in [-0.1, -0.05) is 12.1 Å². The Kier molecular flexibility index (Phi) is 5.01. The lowest BCUT2D eigenvalue weighted by Gasteiger charge is -2.22. The van der Waals surface area contributed by atoms with Crippen molar-refractivity contribution >= 4 is 38.5 Å². The Hall–Kier alpha value is -3.18. The fraction of sp³-hybridized carbons (Fsp3) is 0.190. The van der Waals surface area contributed by atoms with E-state index in [1.165, 1.54) is 23.9 Å². The number of aromatic nitrogens is 2. The zero-order chi connectivity index (χ0) is 22.5. The first-order valence-electron chi connectivity index (χ1n) is 9.76. The number of hydrogen-bond acceptors (Lipinski definition) is 6. The topological polar surface area (TPSA) is 96.7 Å². The Morgan fingerprint density at radius 3 is 2.84 bits per heavy atom. The second-order valence-corrected chi connectivity index (χ2v) is 10.2. The number of carbonyl (C=O) groups excluding carboxylic acids is 1. The van der Waals surface area contributed by atoms with Crippen LogP contribution < -0.4 is 10.2 Å². The van der Waals surface area contributed by atoms with Gasteiger partial charge in [-0.15, -0.1) is 4.40 Å². The number of carbonyl (C=O) groups is 1.